The molecule has 0 aliphatic heterocycles. The summed E-state index contributed by atoms with van der Waals surface area (Å²) in [6.45, 7) is 8.06. The Balaban J connectivity index is 4.48. The monoisotopic (exact) mass is 232 g/mol. The highest BCUT2D eigenvalue weighted by Crippen LogP contribution is 2.20. The van der Waals surface area contributed by atoms with Crippen LogP contribution in [0, 0.1) is 16.7 Å². The van der Waals surface area contributed by atoms with E-state index in [0.29, 0.717) is 13.0 Å². The van der Waals surface area contributed by atoms with Gasteiger partial charge in [-0.05, 0) is 11.8 Å². The Morgan fingerprint density at radius 3 is 2.20 bits per heavy atom. The zero-order chi connectivity index (χ0) is 12.1. The minimum Gasteiger partial charge on any atom is -0.212 e. The lowest BCUT2D eigenvalue weighted by Gasteiger charge is -2.21. The summed E-state index contributed by atoms with van der Waals surface area (Å²) in [7, 11) is -3.26. The van der Waals surface area contributed by atoms with Crippen LogP contribution in [0.4, 0.5) is 0 Å². The topological polar surface area (TPSA) is 61.2 Å². The maximum atomic E-state index is 11.8. The summed E-state index contributed by atoms with van der Waals surface area (Å²) in [5.41, 5.74) is -0.000868. The van der Waals surface area contributed by atoms with Crippen molar-refractivity contribution in [3.63, 3.8) is 0 Å². The summed E-state index contributed by atoms with van der Waals surface area (Å²) in [6.07, 6.45) is 0.608. The molecule has 0 saturated carbocycles. The van der Waals surface area contributed by atoms with Crippen LogP contribution in [0.5, 0.6) is 0 Å². The molecule has 0 N–H and O–H groups in total. The lowest BCUT2D eigenvalue weighted by molar-refractivity contribution is 0.388. The molecule has 5 heteroatoms. The fourth-order valence-electron chi connectivity index (χ4n) is 1.05. The van der Waals surface area contributed by atoms with Crippen LogP contribution >= 0.6 is 0 Å². The van der Waals surface area contributed by atoms with Gasteiger partial charge in [0.25, 0.3) is 0 Å². The van der Waals surface area contributed by atoms with Gasteiger partial charge >= 0.3 is 0 Å². The third-order valence-electron chi connectivity index (χ3n) is 2.10. The molecule has 0 radical (unpaired) electrons. The lowest BCUT2D eigenvalue weighted by atomic mass is 9.94. The summed E-state index contributed by atoms with van der Waals surface area (Å²) < 4.78 is 24.8. The fraction of sp³-hybridized carbons (Fsp3) is 0.900. The molecule has 4 nitrogen and oxygen atoms in total. The van der Waals surface area contributed by atoms with E-state index in [9.17, 15) is 8.42 Å². The highest BCUT2D eigenvalue weighted by molar-refractivity contribution is 7.89. The van der Waals surface area contributed by atoms with E-state index in [1.54, 1.807) is 6.92 Å². The Hall–Kier alpha value is -0.600. The zero-order valence-electron chi connectivity index (χ0n) is 9.95. The molecule has 0 aromatic rings. The van der Waals surface area contributed by atoms with Crippen LogP contribution in [0.2, 0.25) is 0 Å². The van der Waals surface area contributed by atoms with Crippen molar-refractivity contribution in [2.45, 2.75) is 34.1 Å². The van der Waals surface area contributed by atoms with Crippen LogP contribution in [0.1, 0.15) is 34.1 Å². The van der Waals surface area contributed by atoms with Gasteiger partial charge in [-0.2, -0.15) is 9.57 Å². The van der Waals surface area contributed by atoms with E-state index >= 15 is 0 Å². The number of hydrogen-bond donors (Lipinski definition) is 0. The quantitative estimate of drug-likeness (QED) is 0.676. The Kier molecular flexibility index (Phi) is 5.26. The van der Waals surface area contributed by atoms with Gasteiger partial charge in [0.1, 0.15) is 6.54 Å². The highest BCUT2D eigenvalue weighted by Gasteiger charge is 2.22. The minimum absolute atomic E-state index is 0.000868. The fourth-order valence-corrected chi connectivity index (χ4v) is 2.83. The SMILES string of the molecule is CCN(CC#N)S(=O)(=O)CCC(C)(C)C. The van der Waals surface area contributed by atoms with Crippen molar-refractivity contribution in [1.82, 2.24) is 4.31 Å². The Morgan fingerprint density at radius 2 is 1.87 bits per heavy atom. The average Bonchev–Trinajstić information content (AvgIpc) is 2.10. The third kappa shape index (κ3) is 5.75. The van der Waals surface area contributed by atoms with Gasteiger partial charge in [0.05, 0.1) is 11.8 Å². The van der Waals surface area contributed by atoms with Gasteiger partial charge in [-0.1, -0.05) is 27.7 Å². The van der Waals surface area contributed by atoms with Gasteiger partial charge in [-0.25, -0.2) is 8.42 Å². The normalized spacial score (nSPS) is 12.8. The Bertz CT molecular complexity index is 322. The first kappa shape index (κ1) is 14.4. The number of hydrogen-bond acceptors (Lipinski definition) is 3. The molecule has 0 aliphatic rings. The summed E-state index contributed by atoms with van der Waals surface area (Å²) in [6, 6.07) is 1.87. The molecule has 0 fully saturated rings. The second-order valence-corrected chi connectivity index (χ2v) is 6.80. The maximum Gasteiger partial charge on any atom is 0.215 e. The van der Waals surface area contributed by atoms with Crippen LogP contribution in [0.3, 0.4) is 0 Å². The van der Waals surface area contributed by atoms with Gasteiger partial charge in [-0.15, -0.1) is 0 Å². The first-order chi connectivity index (χ1) is 6.73. The van der Waals surface area contributed by atoms with Crippen molar-refractivity contribution < 1.29 is 8.42 Å². The predicted octanol–water partition coefficient (Wildman–Crippen LogP) is 1.60. The average molecular weight is 232 g/mol. The first-order valence-electron chi connectivity index (χ1n) is 5.07. The van der Waals surface area contributed by atoms with E-state index in [0.717, 1.165) is 0 Å². The van der Waals surface area contributed by atoms with Crippen LogP contribution in [0.15, 0.2) is 0 Å². The van der Waals surface area contributed by atoms with E-state index in [2.05, 4.69) is 0 Å². The van der Waals surface area contributed by atoms with E-state index in [4.69, 9.17) is 5.26 Å². The van der Waals surface area contributed by atoms with Gasteiger partial charge in [0.15, 0.2) is 0 Å². The second-order valence-electron chi connectivity index (χ2n) is 4.71. The van der Waals surface area contributed by atoms with Crippen molar-refractivity contribution in [3.05, 3.63) is 0 Å². The van der Waals surface area contributed by atoms with Crippen LogP contribution in [-0.4, -0.2) is 31.6 Å². The van der Waals surface area contributed by atoms with Crippen molar-refractivity contribution in [2.75, 3.05) is 18.8 Å². The first-order valence-corrected chi connectivity index (χ1v) is 6.68. The maximum absolute atomic E-state index is 11.8. The van der Waals surface area contributed by atoms with E-state index in [1.165, 1.54) is 4.31 Å². The molecule has 0 amide bonds. The number of nitriles is 1. The van der Waals surface area contributed by atoms with Crippen LogP contribution < -0.4 is 0 Å². The summed E-state index contributed by atoms with van der Waals surface area (Å²) in [4.78, 5) is 0. The van der Waals surface area contributed by atoms with Crippen LogP contribution in [-0.2, 0) is 10.0 Å². The minimum atomic E-state index is -3.26. The molecule has 88 valence electrons. The molecule has 0 rings (SSSR count). The number of rotatable bonds is 5. The Morgan fingerprint density at radius 1 is 1.33 bits per heavy atom. The summed E-state index contributed by atoms with van der Waals surface area (Å²) in [5.74, 6) is 0.117. The van der Waals surface area contributed by atoms with Gasteiger partial charge in [-0.3, -0.25) is 0 Å². The van der Waals surface area contributed by atoms with Crippen LogP contribution in [0.25, 0.3) is 0 Å². The summed E-state index contributed by atoms with van der Waals surface area (Å²) >= 11 is 0. The molecular formula is C10H20N2O2S. The lowest BCUT2D eigenvalue weighted by Crippen LogP contribution is -2.34. The smallest absolute Gasteiger partial charge is 0.212 e. The largest absolute Gasteiger partial charge is 0.215 e. The van der Waals surface area contributed by atoms with Gasteiger partial charge in [0.2, 0.25) is 10.0 Å². The van der Waals surface area contributed by atoms with Crippen molar-refractivity contribution in [1.29, 1.82) is 5.26 Å². The van der Waals surface area contributed by atoms with E-state index in [-0.39, 0.29) is 17.7 Å². The van der Waals surface area contributed by atoms with E-state index in [1.807, 2.05) is 26.8 Å². The third-order valence-corrected chi connectivity index (χ3v) is 4.00. The second kappa shape index (κ2) is 5.47. The highest BCUT2D eigenvalue weighted by atomic mass is 32.2. The molecule has 15 heavy (non-hydrogen) atoms. The zero-order valence-corrected chi connectivity index (χ0v) is 10.8. The molecule has 0 unspecified atom stereocenters. The van der Waals surface area contributed by atoms with Gasteiger partial charge < -0.3 is 0 Å². The molecule has 0 spiro atoms. The standard InChI is InChI=1S/C10H20N2O2S/c1-5-12(8-7-11)15(13,14)9-6-10(2,3)4/h5-6,8-9H2,1-4H3. The Labute approximate surface area is 92.9 Å². The molecule has 0 aromatic carbocycles. The molecule has 0 atom stereocenters. The van der Waals surface area contributed by atoms with Gasteiger partial charge in [0, 0.05) is 6.54 Å². The summed E-state index contributed by atoms with van der Waals surface area (Å²) in [5, 5.41) is 8.50. The van der Waals surface area contributed by atoms with Crippen molar-refractivity contribution in [3.8, 4) is 6.07 Å². The predicted molar refractivity (Wildman–Crippen MR) is 60.7 cm³/mol. The molecular weight excluding hydrogens is 212 g/mol. The number of sulfonamides is 1. The molecule has 0 aliphatic carbocycles. The molecule has 0 heterocycles. The van der Waals surface area contributed by atoms with E-state index < -0.39 is 10.0 Å². The van der Waals surface area contributed by atoms with Crippen molar-refractivity contribution in [2.24, 2.45) is 5.41 Å². The molecule has 0 bridgehead atoms. The molecule has 0 aromatic heterocycles. The van der Waals surface area contributed by atoms with Crippen molar-refractivity contribution >= 4 is 10.0 Å². The molecule has 0 saturated heterocycles. The number of nitrogens with zero attached hydrogens (tertiary/aromatic N) is 2.